The molecule has 0 atom stereocenters. The molecule has 1 heterocycles. The van der Waals surface area contributed by atoms with Crippen molar-refractivity contribution in [2.24, 2.45) is 0 Å². The molecule has 0 fully saturated rings. The standard InChI is InChI=1S/C9H10O2S/c1-2-4-9(10)11-7-8-5-3-6-12-8/h2-6H,7H2,1H3. The number of ether oxygens (including phenoxy) is 1. The first kappa shape index (κ1) is 9.00. The molecule has 0 aliphatic carbocycles. The summed E-state index contributed by atoms with van der Waals surface area (Å²) in [5.41, 5.74) is 0. The van der Waals surface area contributed by atoms with Gasteiger partial charge in [-0.15, -0.1) is 11.3 Å². The molecule has 0 unspecified atom stereocenters. The number of hydrogen-bond donors (Lipinski definition) is 0. The number of hydrogen-bond acceptors (Lipinski definition) is 3. The van der Waals surface area contributed by atoms with Gasteiger partial charge in [-0.1, -0.05) is 12.1 Å². The Morgan fingerprint density at radius 2 is 2.58 bits per heavy atom. The van der Waals surface area contributed by atoms with E-state index in [1.54, 1.807) is 24.3 Å². The Kier molecular flexibility index (Phi) is 3.54. The summed E-state index contributed by atoms with van der Waals surface area (Å²) in [5, 5.41) is 1.96. The van der Waals surface area contributed by atoms with Gasteiger partial charge in [-0.2, -0.15) is 0 Å². The van der Waals surface area contributed by atoms with Gasteiger partial charge in [0, 0.05) is 11.0 Å². The molecule has 0 amide bonds. The van der Waals surface area contributed by atoms with Crippen LogP contribution in [-0.4, -0.2) is 5.97 Å². The third kappa shape index (κ3) is 2.88. The van der Waals surface area contributed by atoms with Crippen LogP contribution < -0.4 is 0 Å². The topological polar surface area (TPSA) is 26.3 Å². The van der Waals surface area contributed by atoms with Gasteiger partial charge in [0.2, 0.25) is 0 Å². The maximum atomic E-state index is 10.8. The van der Waals surface area contributed by atoms with E-state index in [1.807, 2.05) is 17.5 Å². The largest absolute Gasteiger partial charge is 0.457 e. The minimum absolute atomic E-state index is 0.286. The molecule has 1 rings (SSSR count). The Balaban J connectivity index is 2.31. The zero-order valence-corrected chi connectivity index (χ0v) is 7.64. The summed E-state index contributed by atoms with van der Waals surface area (Å²) in [6.07, 6.45) is 3.07. The average molecular weight is 182 g/mol. The van der Waals surface area contributed by atoms with Crippen molar-refractivity contribution >= 4 is 17.3 Å². The molecule has 0 radical (unpaired) electrons. The van der Waals surface area contributed by atoms with Crippen molar-refractivity contribution in [2.75, 3.05) is 0 Å². The number of thiophene rings is 1. The van der Waals surface area contributed by atoms with Crippen molar-refractivity contribution in [3.8, 4) is 0 Å². The lowest BCUT2D eigenvalue weighted by molar-refractivity contribution is -0.138. The van der Waals surface area contributed by atoms with Crippen LogP contribution in [0.25, 0.3) is 0 Å². The Hall–Kier alpha value is -1.09. The zero-order chi connectivity index (χ0) is 8.81. The lowest BCUT2D eigenvalue weighted by Gasteiger charge is -1.97. The second kappa shape index (κ2) is 4.72. The second-order valence-corrected chi connectivity index (χ2v) is 3.22. The minimum Gasteiger partial charge on any atom is -0.457 e. The summed E-state index contributed by atoms with van der Waals surface area (Å²) in [5.74, 6) is -0.286. The van der Waals surface area contributed by atoms with Gasteiger partial charge in [0.05, 0.1) is 0 Å². The van der Waals surface area contributed by atoms with Gasteiger partial charge in [-0.25, -0.2) is 4.79 Å². The first-order valence-electron chi connectivity index (χ1n) is 3.65. The van der Waals surface area contributed by atoms with Gasteiger partial charge < -0.3 is 4.74 Å². The Morgan fingerprint density at radius 1 is 1.75 bits per heavy atom. The molecule has 2 nitrogen and oxygen atoms in total. The zero-order valence-electron chi connectivity index (χ0n) is 6.82. The smallest absolute Gasteiger partial charge is 0.330 e. The summed E-state index contributed by atoms with van der Waals surface area (Å²) in [6, 6.07) is 3.87. The van der Waals surface area contributed by atoms with E-state index in [9.17, 15) is 4.79 Å². The van der Waals surface area contributed by atoms with E-state index >= 15 is 0 Å². The summed E-state index contributed by atoms with van der Waals surface area (Å²) in [6.45, 7) is 2.16. The van der Waals surface area contributed by atoms with E-state index in [-0.39, 0.29) is 5.97 Å². The fraction of sp³-hybridized carbons (Fsp3) is 0.222. The molecule has 0 saturated heterocycles. The van der Waals surface area contributed by atoms with Gasteiger partial charge in [-0.3, -0.25) is 0 Å². The third-order valence-electron chi connectivity index (χ3n) is 1.24. The molecule has 0 spiro atoms. The highest BCUT2D eigenvalue weighted by Gasteiger charge is 1.97. The predicted octanol–water partition coefficient (Wildman–Crippen LogP) is 2.37. The Bertz CT molecular complexity index is 262. The number of carbonyl (C=O) groups is 1. The molecule has 64 valence electrons. The predicted molar refractivity (Wildman–Crippen MR) is 48.9 cm³/mol. The second-order valence-electron chi connectivity index (χ2n) is 2.19. The fourth-order valence-corrected chi connectivity index (χ4v) is 1.34. The van der Waals surface area contributed by atoms with E-state index in [4.69, 9.17) is 4.74 Å². The van der Waals surface area contributed by atoms with Crippen molar-refractivity contribution in [1.82, 2.24) is 0 Å². The van der Waals surface area contributed by atoms with Gasteiger partial charge in [0.1, 0.15) is 6.61 Å². The molecule has 0 bridgehead atoms. The van der Waals surface area contributed by atoms with Crippen molar-refractivity contribution in [2.45, 2.75) is 13.5 Å². The number of allylic oxidation sites excluding steroid dienone is 1. The monoisotopic (exact) mass is 182 g/mol. The van der Waals surface area contributed by atoms with Crippen LogP contribution in [0.5, 0.6) is 0 Å². The van der Waals surface area contributed by atoms with E-state index in [0.717, 1.165) is 4.88 Å². The van der Waals surface area contributed by atoms with Gasteiger partial charge >= 0.3 is 5.97 Å². The summed E-state index contributed by atoms with van der Waals surface area (Å²) < 4.78 is 4.91. The van der Waals surface area contributed by atoms with Gasteiger partial charge in [0.25, 0.3) is 0 Å². The van der Waals surface area contributed by atoms with Crippen molar-refractivity contribution in [3.63, 3.8) is 0 Å². The molecule has 0 aliphatic heterocycles. The summed E-state index contributed by atoms with van der Waals surface area (Å²) in [7, 11) is 0. The lowest BCUT2D eigenvalue weighted by atomic mass is 10.5. The maximum absolute atomic E-state index is 10.8. The van der Waals surface area contributed by atoms with E-state index < -0.39 is 0 Å². The van der Waals surface area contributed by atoms with Crippen LogP contribution in [0.1, 0.15) is 11.8 Å². The molecular formula is C9H10O2S. The molecule has 1 aromatic heterocycles. The van der Waals surface area contributed by atoms with Crippen LogP contribution in [0, 0.1) is 0 Å². The number of esters is 1. The molecule has 0 saturated carbocycles. The first-order valence-corrected chi connectivity index (χ1v) is 4.52. The van der Waals surface area contributed by atoms with Crippen molar-refractivity contribution in [3.05, 3.63) is 34.5 Å². The summed E-state index contributed by atoms with van der Waals surface area (Å²) in [4.78, 5) is 11.9. The van der Waals surface area contributed by atoms with Gasteiger partial charge in [0.15, 0.2) is 0 Å². The maximum Gasteiger partial charge on any atom is 0.330 e. The Labute approximate surface area is 75.5 Å². The van der Waals surface area contributed by atoms with Crippen LogP contribution in [-0.2, 0) is 16.1 Å². The minimum atomic E-state index is -0.286. The SMILES string of the molecule is CC=CC(=O)OCc1cccs1. The van der Waals surface area contributed by atoms with Crippen LogP contribution >= 0.6 is 11.3 Å². The van der Waals surface area contributed by atoms with Crippen LogP contribution in [0.3, 0.4) is 0 Å². The van der Waals surface area contributed by atoms with E-state index in [2.05, 4.69) is 0 Å². The van der Waals surface area contributed by atoms with Gasteiger partial charge in [-0.05, 0) is 18.4 Å². The van der Waals surface area contributed by atoms with Crippen molar-refractivity contribution in [1.29, 1.82) is 0 Å². The molecule has 3 heteroatoms. The molecule has 0 aliphatic rings. The van der Waals surface area contributed by atoms with Crippen molar-refractivity contribution < 1.29 is 9.53 Å². The number of rotatable bonds is 3. The van der Waals surface area contributed by atoms with Crippen LogP contribution in [0.2, 0.25) is 0 Å². The first-order chi connectivity index (χ1) is 5.83. The third-order valence-corrected chi connectivity index (χ3v) is 2.09. The highest BCUT2D eigenvalue weighted by Crippen LogP contribution is 2.09. The highest BCUT2D eigenvalue weighted by molar-refractivity contribution is 7.09. The van der Waals surface area contributed by atoms with E-state index in [1.165, 1.54) is 6.08 Å². The Morgan fingerprint density at radius 3 is 3.17 bits per heavy atom. The molecular weight excluding hydrogens is 172 g/mol. The quantitative estimate of drug-likeness (QED) is 0.530. The molecule has 1 aromatic rings. The van der Waals surface area contributed by atoms with Crippen LogP contribution in [0.4, 0.5) is 0 Å². The fourth-order valence-electron chi connectivity index (χ4n) is 0.721. The molecule has 0 aromatic carbocycles. The normalized spacial score (nSPS) is 10.4. The molecule has 12 heavy (non-hydrogen) atoms. The molecule has 0 N–H and O–H groups in total. The van der Waals surface area contributed by atoms with E-state index in [0.29, 0.717) is 6.61 Å². The highest BCUT2D eigenvalue weighted by atomic mass is 32.1. The number of carbonyl (C=O) groups excluding carboxylic acids is 1. The lowest BCUT2D eigenvalue weighted by Crippen LogP contribution is -1.98. The van der Waals surface area contributed by atoms with Crippen LogP contribution in [0.15, 0.2) is 29.7 Å². The summed E-state index contributed by atoms with van der Waals surface area (Å²) >= 11 is 1.58. The average Bonchev–Trinajstić information content (AvgIpc) is 2.53.